The second-order valence-electron chi connectivity index (χ2n) is 9.37. The number of carboxylic acids is 2. The van der Waals surface area contributed by atoms with Crippen LogP contribution < -0.4 is 0 Å². The molecule has 0 aromatic heterocycles. The summed E-state index contributed by atoms with van der Waals surface area (Å²) < 4.78 is 0. The van der Waals surface area contributed by atoms with E-state index in [0.717, 1.165) is 25.7 Å². The predicted molar refractivity (Wildman–Crippen MR) is 146 cm³/mol. The van der Waals surface area contributed by atoms with Crippen LogP contribution in [-0.4, -0.2) is 22.2 Å². The smallest absolute Gasteiger partial charge is 0.303 e. The van der Waals surface area contributed by atoms with Crippen molar-refractivity contribution < 1.29 is 39.3 Å². The Morgan fingerprint density at radius 3 is 0.914 bits per heavy atom. The van der Waals surface area contributed by atoms with E-state index in [4.69, 9.17) is 10.2 Å². The third-order valence-corrected chi connectivity index (χ3v) is 5.99. The number of unbranched alkanes of at least 4 members (excludes halogenated alkanes) is 18. The molecule has 4 nitrogen and oxygen atoms in total. The first-order chi connectivity index (χ1) is 16.5. The Balaban J connectivity index is -0.000000569. The van der Waals surface area contributed by atoms with Gasteiger partial charge in [0.15, 0.2) is 0 Å². The number of hydrogen-bond donors (Lipinski definition) is 2. The third kappa shape index (κ3) is 43.5. The number of aliphatic carboxylic acids is 2. The molecule has 202 valence electrons. The molecule has 0 aliphatic rings. The molecule has 0 aliphatic carbocycles. The number of rotatable bonds is 24. The van der Waals surface area contributed by atoms with Crippen LogP contribution in [0.2, 0.25) is 0 Å². The summed E-state index contributed by atoms with van der Waals surface area (Å²) in [4.78, 5) is 20.6. The van der Waals surface area contributed by atoms with Crippen molar-refractivity contribution in [3.05, 3.63) is 24.3 Å². The van der Waals surface area contributed by atoms with Crippen LogP contribution >= 0.6 is 0 Å². The maximum Gasteiger partial charge on any atom is 0.303 e. The van der Waals surface area contributed by atoms with Gasteiger partial charge in [0.25, 0.3) is 0 Å². The van der Waals surface area contributed by atoms with E-state index in [2.05, 4.69) is 38.2 Å². The minimum Gasteiger partial charge on any atom is -0.481 e. The molecular formula is C30H56O4Zn. The number of carboxylic acid groups (broad SMARTS) is 2. The van der Waals surface area contributed by atoms with Gasteiger partial charge in [-0.15, -0.1) is 0 Å². The summed E-state index contributed by atoms with van der Waals surface area (Å²) in [6.07, 6.45) is 34.0. The first kappa shape index (κ1) is 38.6. The maximum absolute atomic E-state index is 10.3. The largest absolute Gasteiger partial charge is 0.481 e. The zero-order chi connectivity index (χ0) is 25.5. The first-order valence-corrected chi connectivity index (χ1v) is 14.2. The summed E-state index contributed by atoms with van der Waals surface area (Å²) in [6, 6.07) is 0. The summed E-state index contributed by atoms with van der Waals surface area (Å²) in [7, 11) is 0. The molecule has 0 saturated heterocycles. The SMILES string of the molecule is CC=CCCCCCCCCCCCC(=O)O.CC=CCCCCCCCCCCCC(=O)O.[Zn]. The average Bonchev–Trinajstić information content (AvgIpc) is 2.80. The Morgan fingerprint density at radius 2 is 0.686 bits per heavy atom. The van der Waals surface area contributed by atoms with Gasteiger partial charge in [0.2, 0.25) is 0 Å². The molecule has 0 heterocycles. The van der Waals surface area contributed by atoms with Crippen LogP contribution in [0.4, 0.5) is 0 Å². The summed E-state index contributed by atoms with van der Waals surface area (Å²) in [5.74, 6) is -1.32. The van der Waals surface area contributed by atoms with Crippen molar-refractivity contribution in [3.8, 4) is 0 Å². The Labute approximate surface area is 230 Å². The number of hydrogen-bond acceptors (Lipinski definition) is 2. The van der Waals surface area contributed by atoms with Gasteiger partial charge in [0.05, 0.1) is 0 Å². The van der Waals surface area contributed by atoms with Crippen LogP contribution in [0.25, 0.3) is 0 Å². The van der Waals surface area contributed by atoms with E-state index in [9.17, 15) is 9.59 Å². The summed E-state index contributed by atoms with van der Waals surface area (Å²) in [5.41, 5.74) is 0. The van der Waals surface area contributed by atoms with E-state index in [0.29, 0.717) is 12.8 Å². The van der Waals surface area contributed by atoms with Gasteiger partial charge in [-0.25, -0.2) is 0 Å². The van der Waals surface area contributed by atoms with Crippen molar-refractivity contribution in [1.29, 1.82) is 0 Å². The second kappa shape index (κ2) is 35.2. The topological polar surface area (TPSA) is 74.6 Å². The molecule has 0 fully saturated rings. The zero-order valence-corrected chi connectivity index (χ0v) is 26.3. The van der Waals surface area contributed by atoms with Crippen molar-refractivity contribution in [2.24, 2.45) is 0 Å². The van der Waals surface area contributed by atoms with E-state index in [-0.39, 0.29) is 19.5 Å². The Kier molecular flexibility index (Phi) is 38.8. The molecule has 0 aromatic rings. The fraction of sp³-hybridized carbons (Fsp3) is 0.800. The van der Waals surface area contributed by atoms with E-state index >= 15 is 0 Å². The molecule has 0 radical (unpaired) electrons. The van der Waals surface area contributed by atoms with Crippen molar-refractivity contribution in [2.45, 2.75) is 155 Å². The minimum atomic E-state index is -0.661. The van der Waals surface area contributed by atoms with Gasteiger partial charge in [-0.05, 0) is 52.4 Å². The van der Waals surface area contributed by atoms with Crippen LogP contribution in [0.3, 0.4) is 0 Å². The van der Waals surface area contributed by atoms with Crippen LogP contribution in [0.15, 0.2) is 24.3 Å². The normalized spacial score (nSPS) is 10.8. The van der Waals surface area contributed by atoms with Gasteiger partial charge in [0, 0.05) is 32.3 Å². The fourth-order valence-corrected chi connectivity index (χ4v) is 3.89. The van der Waals surface area contributed by atoms with Gasteiger partial charge in [0.1, 0.15) is 0 Å². The minimum absolute atomic E-state index is 0. The quantitative estimate of drug-likeness (QED) is 0.0718. The molecule has 0 unspecified atom stereocenters. The number of carbonyl (C=O) groups is 2. The summed E-state index contributed by atoms with van der Waals surface area (Å²) in [5, 5.41) is 16.9. The van der Waals surface area contributed by atoms with Gasteiger partial charge in [-0.1, -0.05) is 114 Å². The van der Waals surface area contributed by atoms with Crippen LogP contribution in [-0.2, 0) is 29.1 Å². The van der Waals surface area contributed by atoms with Gasteiger partial charge in [-0.2, -0.15) is 0 Å². The zero-order valence-electron chi connectivity index (χ0n) is 23.3. The number of allylic oxidation sites excluding steroid dienone is 4. The molecule has 0 amide bonds. The van der Waals surface area contributed by atoms with Crippen LogP contribution in [0.5, 0.6) is 0 Å². The van der Waals surface area contributed by atoms with E-state index < -0.39 is 11.9 Å². The molecule has 0 rings (SSSR count). The molecule has 0 bridgehead atoms. The van der Waals surface area contributed by atoms with E-state index in [1.165, 1.54) is 103 Å². The Morgan fingerprint density at radius 1 is 0.457 bits per heavy atom. The van der Waals surface area contributed by atoms with Crippen LogP contribution in [0, 0.1) is 0 Å². The van der Waals surface area contributed by atoms with Crippen molar-refractivity contribution >= 4 is 11.9 Å². The average molecular weight is 546 g/mol. The van der Waals surface area contributed by atoms with Crippen molar-refractivity contribution in [1.82, 2.24) is 0 Å². The maximum atomic E-state index is 10.3. The predicted octanol–water partition coefficient (Wildman–Crippen LogP) is 9.87. The summed E-state index contributed by atoms with van der Waals surface area (Å²) >= 11 is 0. The molecule has 5 heteroatoms. The molecular weight excluding hydrogens is 490 g/mol. The summed E-state index contributed by atoms with van der Waals surface area (Å²) in [6.45, 7) is 4.15. The van der Waals surface area contributed by atoms with Gasteiger partial charge < -0.3 is 10.2 Å². The molecule has 0 atom stereocenters. The van der Waals surface area contributed by atoms with Crippen molar-refractivity contribution in [3.63, 3.8) is 0 Å². The second-order valence-corrected chi connectivity index (χ2v) is 9.37. The first-order valence-electron chi connectivity index (χ1n) is 14.2. The molecule has 35 heavy (non-hydrogen) atoms. The third-order valence-electron chi connectivity index (χ3n) is 5.99. The van der Waals surface area contributed by atoms with Gasteiger partial charge in [-0.3, -0.25) is 9.59 Å². The molecule has 0 aliphatic heterocycles. The molecule has 0 aromatic carbocycles. The molecule has 2 N–H and O–H groups in total. The van der Waals surface area contributed by atoms with Gasteiger partial charge >= 0.3 is 11.9 Å². The Bertz CT molecular complexity index is 445. The molecule has 0 saturated carbocycles. The van der Waals surface area contributed by atoms with Crippen molar-refractivity contribution in [2.75, 3.05) is 0 Å². The molecule has 0 spiro atoms. The fourth-order valence-electron chi connectivity index (χ4n) is 3.89. The Hall–Kier alpha value is -0.957. The standard InChI is InChI=1S/2C15H28O2.Zn/c2*1-2-3-4-5-6-7-8-9-10-11-12-13-14-15(16)17;/h2*2-3H,4-14H2,1H3,(H,16,17);. The van der Waals surface area contributed by atoms with E-state index in [1.807, 2.05) is 0 Å². The van der Waals surface area contributed by atoms with E-state index in [1.54, 1.807) is 0 Å². The van der Waals surface area contributed by atoms with Crippen LogP contribution in [0.1, 0.15) is 155 Å². The monoisotopic (exact) mass is 544 g/mol.